The highest BCUT2D eigenvalue weighted by Gasteiger charge is 2.18. The van der Waals surface area contributed by atoms with E-state index in [2.05, 4.69) is 4.72 Å². The topological polar surface area (TPSA) is 72.2 Å². The second-order valence-electron chi connectivity index (χ2n) is 4.28. The van der Waals surface area contributed by atoms with E-state index in [0.29, 0.717) is 29.2 Å². The van der Waals surface area contributed by atoms with Crippen LogP contribution in [-0.4, -0.2) is 15.0 Å². The Kier molecular flexibility index (Phi) is 4.70. The standard InChI is InChI=1S/C13H15ClN2O2S2/c1-9-11(14)3-2-4-12(9)16-20(17,18)13-6-5-10(19-13)7-8-15/h2-6,16H,7-8,15H2,1H3. The minimum atomic E-state index is -3.58. The minimum absolute atomic E-state index is 0.278. The summed E-state index contributed by atoms with van der Waals surface area (Å²) in [7, 11) is -3.58. The number of hydrogen-bond acceptors (Lipinski definition) is 4. The fraction of sp³-hybridized carbons (Fsp3) is 0.231. The van der Waals surface area contributed by atoms with Crippen LogP contribution >= 0.6 is 22.9 Å². The van der Waals surface area contributed by atoms with Crippen LogP contribution in [0.4, 0.5) is 5.69 Å². The molecule has 2 rings (SSSR count). The van der Waals surface area contributed by atoms with Gasteiger partial charge in [0.2, 0.25) is 0 Å². The maximum Gasteiger partial charge on any atom is 0.271 e. The van der Waals surface area contributed by atoms with Crippen molar-refractivity contribution in [2.75, 3.05) is 11.3 Å². The predicted octanol–water partition coefficient (Wildman–Crippen LogP) is 3.01. The van der Waals surface area contributed by atoms with Crippen LogP contribution in [-0.2, 0) is 16.4 Å². The van der Waals surface area contributed by atoms with Crippen molar-refractivity contribution in [3.05, 3.63) is 45.8 Å². The molecule has 20 heavy (non-hydrogen) atoms. The van der Waals surface area contributed by atoms with E-state index in [9.17, 15) is 8.42 Å². The zero-order valence-corrected chi connectivity index (χ0v) is 13.3. The van der Waals surface area contributed by atoms with Crippen molar-refractivity contribution in [3.8, 4) is 0 Å². The van der Waals surface area contributed by atoms with Gasteiger partial charge in [0.1, 0.15) is 4.21 Å². The molecule has 0 spiro atoms. The number of anilines is 1. The molecular formula is C13H15ClN2O2S2. The molecule has 1 heterocycles. The summed E-state index contributed by atoms with van der Waals surface area (Å²) in [6.07, 6.45) is 0.677. The predicted molar refractivity (Wildman–Crippen MR) is 84.1 cm³/mol. The highest BCUT2D eigenvalue weighted by atomic mass is 35.5. The molecule has 0 aliphatic heterocycles. The summed E-state index contributed by atoms with van der Waals surface area (Å²) >= 11 is 7.22. The van der Waals surface area contributed by atoms with Crippen molar-refractivity contribution < 1.29 is 8.42 Å². The van der Waals surface area contributed by atoms with Gasteiger partial charge in [0.05, 0.1) is 5.69 Å². The fourth-order valence-electron chi connectivity index (χ4n) is 1.69. The van der Waals surface area contributed by atoms with E-state index in [4.69, 9.17) is 17.3 Å². The lowest BCUT2D eigenvalue weighted by molar-refractivity contribution is 0.603. The first-order valence-electron chi connectivity index (χ1n) is 6.01. The van der Waals surface area contributed by atoms with E-state index in [1.165, 1.54) is 11.3 Å². The number of sulfonamides is 1. The Bertz CT molecular complexity index is 711. The van der Waals surface area contributed by atoms with Crippen LogP contribution in [0.1, 0.15) is 10.4 Å². The second kappa shape index (κ2) is 6.13. The van der Waals surface area contributed by atoms with Crippen molar-refractivity contribution in [2.24, 2.45) is 5.73 Å². The number of halogens is 1. The van der Waals surface area contributed by atoms with Gasteiger partial charge in [-0.1, -0.05) is 17.7 Å². The van der Waals surface area contributed by atoms with Crippen LogP contribution in [0.5, 0.6) is 0 Å². The van der Waals surface area contributed by atoms with Gasteiger partial charge in [0.25, 0.3) is 10.0 Å². The van der Waals surface area contributed by atoms with Gasteiger partial charge in [-0.15, -0.1) is 11.3 Å². The number of nitrogens with two attached hydrogens (primary N) is 1. The minimum Gasteiger partial charge on any atom is -0.330 e. The normalized spacial score (nSPS) is 11.6. The SMILES string of the molecule is Cc1c(Cl)cccc1NS(=O)(=O)c1ccc(CCN)s1. The highest BCUT2D eigenvalue weighted by Crippen LogP contribution is 2.28. The van der Waals surface area contributed by atoms with Crippen LogP contribution in [0.2, 0.25) is 5.02 Å². The summed E-state index contributed by atoms with van der Waals surface area (Å²) in [5.41, 5.74) is 6.66. The summed E-state index contributed by atoms with van der Waals surface area (Å²) < 4.78 is 27.5. The molecule has 0 saturated heterocycles. The third-order valence-electron chi connectivity index (χ3n) is 2.80. The molecule has 108 valence electrons. The molecule has 0 radical (unpaired) electrons. The van der Waals surface area contributed by atoms with E-state index >= 15 is 0 Å². The smallest absolute Gasteiger partial charge is 0.271 e. The van der Waals surface area contributed by atoms with E-state index in [-0.39, 0.29) is 4.21 Å². The van der Waals surface area contributed by atoms with Gasteiger partial charge in [-0.3, -0.25) is 4.72 Å². The molecule has 3 N–H and O–H groups in total. The lowest BCUT2D eigenvalue weighted by Gasteiger charge is -2.10. The lowest BCUT2D eigenvalue weighted by Crippen LogP contribution is -2.12. The molecule has 4 nitrogen and oxygen atoms in total. The van der Waals surface area contributed by atoms with Gasteiger partial charge in [-0.2, -0.15) is 0 Å². The first-order chi connectivity index (χ1) is 9.44. The maximum absolute atomic E-state index is 12.3. The summed E-state index contributed by atoms with van der Waals surface area (Å²) in [6.45, 7) is 2.27. The van der Waals surface area contributed by atoms with E-state index < -0.39 is 10.0 Å². The largest absolute Gasteiger partial charge is 0.330 e. The van der Waals surface area contributed by atoms with Crippen molar-refractivity contribution in [3.63, 3.8) is 0 Å². The summed E-state index contributed by atoms with van der Waals surface area (Å²) in [5.74, 6) is 0. The van der Waals surface area contributed by atoms with Gasteiger partial charge in [0.15, 0.2) is 0 Å². The number of hydrogen-bond donors (Lipinski definition) is 2. The Balaban J connectivity index is 2.28. The number of benzene rings is 1. The third kappa shape index (κ3) is 3.32. The average molecular weight is 331 g/mol. The Morgan fingerprint density at radius 1 is 1.30 bits per heavy atom. The van der Waals surface area contributed by atoms with Crippen molar-refractivity contribution in [1.29, 1.82) is 0 Å². The monoisotopic (exact) mass is 330 g/mol. The van der Waals surface area contributed by atoms with Crippen LogP contribution in [0.15, 0.2) is 34.5 Å². The third-order valence-corrected chi connectivity index (χ3v) is 6.22. The van der Waals surface area contributed by atoms with Gasteiger partial charge < -0.3 is 5.73 Å². The van der Waals surface area contributed by atoms with E-state index in [0.717, 1.165) is 4.88 Å². The molecule has 1 aromatic carbocycles. The Morgan fingerprint density at radius 3 is 2.75 bits per heavy atom. The van der Waals surface area contributed by atoms with Gasteiger partial charge in [-0.25, -0.2) is 8.42 Å². The zero-order valence-electron chi connectivity index (χ0n) is 10.9. The van der Waals surface area contributed by atoms with Crippen molar-refractivity contribution >= 4 is 38.6 Å². The summed E-state index contributed by atoms with van der Waals surface area (Å²) in [5, 5.41) is 0.528. The maximum atomic E-state index is 12.3. The lowest BCUT2D eigenvalue weighted by atomic mass is 10.2. The second-order valence-corrected chi connectivity index (χ2v) is 7.76. The molecule has 0 aliphatic rings. The fourth-order valence-corrected chi connectivity index (χ4v) is 4.36. The highest BCUT2D eigenvalue weighted by molar-refractivity contribution is 7.94. The number of thiophene rings is 1. The van der Waals surface area contributed by atoms with Gasteiger partial charge >= 0.3 is 0 Å². The summed E-state index contributed by atoms with van der Waals surface area (Å²) in [4.78, 5) is 0.954. The number of rotatable bonds is 5. The van der Waals surface area contributed by atoms with Crippen LogP contribution in [0.25, 0.3) is 0 Å². The van der Waals surface area contributed by atoms with Gasteiger partial charge in [0, 0.05) is 9.90 Å². The zero-order chi connectivity index (χ0) is 14.8. The molecule has 0 fully saturated rings. The quantitative estimate of drug-likeness (QED) is 0.885. The van der Waals surface area contributed by atoms with E-state index in [1.54, 1.807) is 37.3 Å². The van der Waals surface area contributed by atoms with Gasteiger partial charge in [-0.05, 0) is 49.7 Å². The van der Waals surface area contributed by atoms with Crippen LogP contribution < -0.4 is 10.5 Å². The molecular weight excluding hydrogens is 316 g/mol. The molecule has 0 aliphatic carbocycles. The molecule has 0 bridgehead atoms. The molecule has 0 atom stereocenters. The van der Waals surface area contributed by atoms with Crippen LogP contribution in [0.3, 0.4) is 0 Å². The molecule has 0 saturated carbocycles. The summed E-state index contributed by atoms with van der Waals surface area (Å²) in [6, 6.07) is 8.50. The molecule has 1 aromatic heterocycles. The Labute approximate surface area is 127 Å². The average Bonchev–Trinajstić information content (AvgIpc) is 2.85. The van der Waals surface area contributed by atoms with Crippen LogP contribution in [0, 0.1) is 6.92 Å². The van der Waals surface area contributed by atoms with Crippen molar-refractivity contribution in [2.45, 2.75) is 17.6 Å². The number of nitrogens with one attached hydrogen (secondary N) is 1. The Morgan fingerprint density at radius 2 is 2.05 bits per heavy atom. The first-order valence-corrected chi connectivity index (χ1v) is 8.68. The molecule has 7 heteroatoms. The first kappa shape index (κ1) is 15.3. The van der Waals surface area contributed by atoms with Crippen molar-refractivity contribution in [1.82, 2.24) is 0 Å². The molecule has 2 aromatic rings. The molecule has 0 amide bonds. The van der Waals surface area contributed by atoms with E-state index in [1.807, 2.05) is 0 Å². The Hall–Kier alpha value is -1.08. The molecule has 0 unspecified atom stereocenters.